The predicted octanol–water partition coefficient (Wildman–Crippen LogP) is 2.39. The first-order valence-corrected chi connectivity index (χ1v) is 15.0. The topological polar surface area (TPSA) is 254 Å². The van der Waals surface area contributed by atoms with Crippen molar-refractivity contribution in [2.24, 2.45) is 5.92 Å². The molecule has 0 bridgehead atoms. The number of aromatic nitrogens is 4. The zero-order valence-corrected chi connectivity index (χ0v) is 26.1. The van der Waals surface area contributed by atoms with E-state index < -0.39 is 63.0 Å². The molecule has 0 aliphatic heterocycles. The van der Waals surface area contributed by atoms with Gasteiger partial charge in [0.05, 0.1) is 31.7 Å². The van der Waals surface area contributed by atoms with Gasteiger partial charge in [-0.25, -0.2) is 34.4 Å². The van der Waals surface area contributed by atoms with E-state index in [2.05, 4.69) is 20.0 Å². The Morgan fingerprint density at radius 2 is 1.66 bits per heavy atom. The standard InChI is InChI=1S/C21H35N6O8P.C4H4O4/c1-13(2)8-31-20(28)16(6)26-36(30,34-11-32-21(29)35-14(3)4)12-33-15(5)7-27-10-25-17-18(22)23-9-24-19(17)27;5-3(6)1-2-4(7)8/h9-10,13-16H,7-8,11-12H2,1-6H3,(H,26,30)(H2,22,23,24);1-2H,(H,5,6)(H,7,8)/b;2-1+/t15-,16+,36?;/m1./s1. The van der Waals surface area contributed by atoms with E-state index in [4.69, 9.17) is 39.4 Å². The number of carbonyl (C=O) groups is 4. The maximum absolute atomic E-state index is 13.5. The van der Waals surface area contributed by atoms with E-state index >= 15 is 0 Å². The Morgan fingerprint density at radius 3 is 2.23 bits per heavy atom. The van der Waals surface area contributed by atoms with Crippen LogP contribution in [0.4, 0.5) is 10.6 Å². The fourth-order valence-corrected chi connectivity index (χ4v) is 4.54. The number of nitrogen functional groups attached to an aromatic ring is 1. The lowest BCUT2D eigenvalue weighted by atomic mass is 10.2. The van der Waals surface area contributed by atoms with Crippen LogP contribution in [0.25, 0.3) is 11.2 Å². The van der Waals surface area contributed by atoms with Gasteiger partial charge in [-0.15, -0.1) is 0 Å². The van der Waals surface area contributed by atoms with Crippen LogP contribution in [0.3, 0.4) is 0 Å². The molecule has 2 aromatic rings. The molecule has 2 rings (SSSR count). The van der Waals surface area contributed by atoms with Crippen molar-refractivity contribution in [2.75, 3.05) is 25.5 Å². The summed E-state index contributed by atoms with van der Waals surface area (Å²) in [6.45, 7) is 10.2. The highest BCUT2D eigenvalue weighted by Crippen LogP contribution is 2.43. The summed E-state index contributed by atoms with van der Waals surface area (Å²) in [4.78, 5) is 55.3. The average molecular weight is 647 g/mol. The second kappa shape index (κ2) is 18.5. The molecule has 0 aliphatic carbocycles. The lowest BCUT2D eigenvalue weighted by molar-refractivity contribution is -0.146. The number of nitrogens with two attached hydrogens (primary N) is 1. The number of aliphatic carboxylic acids is 2. The Kier molecular flexibility index (Phi) is 16.0. The minimum Gasteiger partial charge on any atom is -0.478 e. The van der Waals surface area contributed by atoms with Crippen molar-refractivity contribution in [3.63, 3.8) is 0 Å². The maximum Gasteiger partial charge on any atom is 0.510 e. The molecule has 0 radical (unpaired) electrons. The lowest BCUT2D eigenvalue weighted by Gasteiger charge is -2.24. The molecule has 2 aromatic heterocycles. The summed E-state index contributed by atoms with van der Waals surface area (Å²) in [6, 6.07) is -0.978. The number of nitrogens with one attached hydrogen (secondary N) is 1. The van der Waals surface area contributed by atoms with Gasteiger partial charge < -0.3 is 39.5 Å². The monoisotopic (exact) mass is 646 g/mol. The van der Waals surface area contributed by atoms with Crippen molar-refractivity contribution in [1.29, 1.82) is 0 Å². The van der Waals surface area contributed by atoms with Crippen LogP contribution < -0.4 is 10.8 Å². The maximum atomic E-state index is 13.5. The highest BCUT2D eigenvalue weighted by atomic mass is 31.2. The van der Waals surface area contributed by atoms with Crippen LogP contribution in [0.1, 0.15) is 41.5 Å². The van der Waals surface area contributed by atoms with Crippen LogP contribution in [-0.2, 0) is 49.0 Å². The van der Waals surface area contributed by atoms with Gasteiger partial charge >= 0.3 is 24.1 Å². The highest BCUT2D eigenvalue weighted by molar-refractivity contribution is 7.56. The predicted molar refractivity (Wildman–Crippen MR) is 154 cm³/mol. The summed E-state index contributed by atoms with van der Waals surface area (Å²) in [5.41, 5.74) is 6.80. The third-order valence-corrected chi connectivity index (χ3v) is 6.65. The number of imidazole rings is 1. The van der Waals surface area contributed by atoms with Crippen molar-refractivity contribution in [2.45, 2.75) is 66.3 Å². The van der Waals surface area contributed by atoms with Gasteiger partial charge in [0.25, 0.3) is 7.52 Å². The summed E-state index contributed by atoms with van der Waals surface area (Å²) in [6.07, 6.45) is 1.70. The number of carboxylic acid groups (broad SMARTS) is 2. The van der Waals surface area contributed by atoms with Crippen LogP contribution in [0.15, 0.2) is 24.8 Å². The second-order valence-corrected chi connectivity index (χ2v) is 11.9. The van der Waals surface area contributed by atoms with Gasteiger partial charge in [-0.3, -0.25) is 13.9 Å². The summed E-state index contributed by atoms with van der Waals surface area (Å²) in [5.74, 6) is -2.74. The Bertz CT molecular complexity index is 1320. The van der Waals surface area contributed by atoms with Gasteiger partial charge in [-0.1, -0.05) is 13.8 Å². The van der Waals surface area contributed by atoms with Crippen LogP contribution in [0.5, 0.6) is 0 Å². The van der Waals surface area contributed by atoms with Crippen LogP contribution in [0, 0.1) is 5.92 Å². The van der Waals surface area contributed by atoms with Crippen LogP contribution in [-0.4, -0.2) is 91.8 Å². The number of esters is 1. The van der Waals surface area contributed by atoms with E-state index in [1.165, 1.54) is 13.3 Å². The van der Waals surface area contributed by atoms with Gasteiger partial charge in [-0.2, -0.15) is 0 Å². The van der Waals surface area contributed by atoms with Crippen molar-refractivity contribution >= 4 is 48.6 Å². The number of hydrogen-bond donors (Lipinski definition) is 4. The summed E-state index contributed by atoms with van der Waals surface area (Å²) in [5, 5.41) is 18.3. The van der Waals surface area contributed by atoms with Gasteiger partial charge in [-0.05, 0) is 33.6 Å². The molecular formula is C25H39N6O12P. The Labute approximate surface area is 253 Å². The zero-order valence-electron chi connectivity index (χ0n) is 25.2. The average Bonchev–Trinajstić information content (AvgIpc) is 3.33. The molecule has 5 N–H and O–H groups in total. The number of fused-ring (bicyclic) bond motifs is 1. The van der Waals surface area contributed by atoms with Crippen molar-refractivity contribution in [3.8, 4) is 0 Å². The molecule has 0 amide bonds. The minimum atomic E-state index is -3.84. The molecule has 19 heteroatoms. The molecule has 3 atom stereocenters. The van der Waals surface area contributed by atoms with E-state index in [0.29, 0.717) is 29.9 Å². The fraction of sp³-hybridized carbons (Fsp3) is 0.560. The Hall–Kier alpha value is -4.12. The number of carboxylic acids is 2. The molecule has 0 saturated heterocycles. The molecule has 0 aromatic carbocycles. The van der Waals surface area contributed by atoms with E-state index in [1.807, 2.05) is 13.8 Å². The van der Waals surface area contributed by atoms with E-state index in [1.54, 1.807) is 31.7 Å². The van der Waals surface area contributed by atoms with E-state index in [-0.39, 0.29) is 18.3 Å². The first kappa shape index (κ1) is 37.9. The molecular weight excluding hydrogens is 607 g/mol. The third-order valence-electron chi connectivity index (χ3n) is 4.85. The first-order valence-electron chi connectivity index (χ1n) is 13.2. The number of ether oxygens (including phenoxy) is 4. The molecule has 18 nitrogen and oxygen atoms in total. The molecule has 0 saturated carbocycles. The highest BCUT2D eigenvalue weighted by Gasteiger charge is 2.31. The summed E-state index contributed by atoms with van der Waals surface area (Å²) >= 11 is 0. The molecule has 0 aliphatic rings. The molecule has 0 spiro atoms. The van der Waals surface area contributed by atoms with Crippen molar-refractivity contribution in [1.82, 2.24) is 24.6 Å². The van der Waals surface area contributed by atoms with Gasteiger partial charge in [0.15, 0.2) is 11.5 Å². The van der Waals surface area contributed by atoms with Crippen molar-refractivity contribution < 1.29 is 57.4 Å². The van der Waals surface area contributed by atoms with Gasteiger partial charge in [0.2, 0.25) is 6.79 Å². The fourth-order valence-electron chi connectivity index (χ4n) is 2.95. The van der Waals surface area contributed by atoms with Gasteiger partial charge in [0.1, 0.15) is 24.2 Å². The number of anilines is 1. The largest absolute Gasteiger partial charge is 0.510 e. The smallest absolute Gasteiger partial charge is 0.478 e. The Morgan fingerprint density at radius 1 is 1.02 bits per heavy atom. The van der Waals surface area contributed by atoms with Crippen LogP contribution >= 0.6 is 7.52 Å². The first-order chi connectivity index (χ1) is 20.5. The van der Waals surface area contributed by atoms with Crippen molar-refractivity contribution in [3.05, 3.63) is 24.8 Å². The molecule has 246 valence electrons. The van der Waals surface area contributed by atoms with Gasteiger partial charge in [0, 0.05) is 12.2 Å². The Balaban J connectivity index is 0.00000106. The minimum absolute atomic E-state index is 0.133. The summed E-state index contributed by atoms with van der Waals surface area (Å²) in [7, 11) is -3.84. The lowest BCUT2D eigenvalue weighted by Crippen LogP contribution is -2.36. The quantitative estimate of drug-likeness (QED) is 0.0883. The number of nitrogens with zero attached hydrogens (tertiary/aromatic N) is 4. The van der Waals surface area contributed by atoms with E-state index in [0.717, 1.165) is 0 Å². The van der Waals surface area contributed by atoms with E-state index in [9.17, 15) is 23.7 Å². The number of hydrogen-bond acceptors (Lipinski definition) is 14. The normalized spacial score (nSPS) is 14.0. The summed E-state index contributed by atoms with van der Waals surface area (Å²) < 4.78 is 41.1. The number of carbonyl (C=O) groups excluding carboxylic acids is 2. The SMILES string of the molecule is CC(C)COC(=O)[C@H](C)NP(=O)(CO[C@H](C)Cn1cnc2c(N)ncnc21)OCOC(=O)OC(C)C.O=C(O)/C=C/C(=O)O. The second-order valence-electron chi connectivity index (χ2n) is 9.80. The molecule has 2 heterocycles. The molecule has 0 fully saturated rings. The zero-order chi connectivity index (χ0) is 33.4. The van der Waals surface area contributed by atoms with Crippen LogP contribution in [0.2, 0.25) is 0 Å². The number of rotatable bonds is 16. The third kappa shape index (κ3) is 14.9. The molecule has 1 unspecified atom stereocenters. The molecule has 44 heavy (non-hydrogen) atoms.